The van der Waals surface area contributed by atoms with Crippen LogP contribution in [0.4, 0.5) is 0 Å². The lowest BCUT2D eigenvalue weighted by Gasteiger charge is -2.29. The van der Waals surface area contributed by atoms with Crippen molar-refractivity contribution in [3.8, 4) is 11.5 Å². The van der Waals surface area contributed by atoms with E-state index in [1.165, 1.54) is 26.3 Å². The Morgan fingerprint density at radius 3 is 2.62 bits per heavy atom. The van der Waals surface area contributed by atoms with Crippen molar-refractivity contribution in [2.75, 3.05) is 13.7 Å². The van der Waals surface area contributed by atoms with Gasteiger partial charge in [-0.1, -0.05) is 33.6 Å². The van der Waals surface area contributed by atoms with Crippen LogP contribution in [0.3, 0.4) is 0 Å². The van der Waals surface area contributed by atoms with Crippen LogP contribution in [0.25, 0.3) is 0 Å². The van der Waals surface area contributed by atoms with Crippen LogP contribution in [0.15, 0.2) is 12.3 Å². The molecule has 2 rings (SSSR count). The van der Waals surface area contributed by atoms with Crippen LogP contribution in [0.2, 0.25) is 0 Å². The molecule has 0 aromatic carbocycles. The Kier molecular flexibility index (Phi) is 9.64. The minimum absolute atomic E-state index is 0.0193. The first-order chi connectivity index (χ1) is 16.1. The van der Waals surface area contributed by atoms with Crippen LogP contribution >= 0.6 is 0 Å². The van der Waals surface area contributed by atoms with Gasteiger partial charge < -0.3 is 29.4 Å². The second kappa shape index (κ2) is 12.2. The van der Waals surface area contributed by atoms with Crippen molar-refractivity contribution in [3.63, 3.8) is 0 Å². The fourth-order valence-electron chi connectivity index (χ4n) is 3.38. The molecule has 4 atom stereocenters. The number of nitrogens with one attached hydrogen (secondary N) is 1. The molecule has 1 amide bonds. The van der Waals surface area contributed by atoms with Crippen molar-refractivity contribution in [2.45, 2.75) is 65.2 Å². The highest BCUT2D eigenvalue weighted by atomic mass is 16.6. The summed E-state index contributed by atoms with van der Waals surface area (Å²) >= 11 is 0. The zero-order valence-corrected chi connectivity index (χ0v) is 20.0. The zero-order chi connectivity index (χ0) is 25.4. The molecule has 1 fully saturated rings. The van der Waals surface area contributed by atoms with Crippen LogP contribution < -0.4 is 10.1 Å². The van der Waals surface area contributed by atoms with E-state index in [0.717, 1.165) is 6.42 Å². The van der Waals surface area contributed by atoms with E-state index in [4.69, 9.17) is 18.9 Å². The number of nitrogens with zero attached hydrogens (tertiary/aromatic N) is 1. The van der Waals surface area contributed by atoms with Gasteiger partial charge in [-0.25, -0.2) is 9.78 Å². The number of amides is 1. The lowest BCUT2D eigenvalue weighted by molar-refractivity contribution is -0.177. The highest BCUT2D eigenvalue weighted by molar-refractivity contribution is 5.98. The average molecular weight is 481 g/mol. The van der Waals surface area contributed by atoms with Gasteiger partial charge in [0.05, 0.1) is 18.9 Å². The number of hydrogen-bond acceptors (Lipinski definition) is 10. The lowest BCUT2D eigenvalue weighted by atomic mass is 9.92. The highest BCUT2D eigenvalue weighted by Crippen LogP contribution is 2.28. The number of carbonyl (C=O) groups is 4. The van der Waals surface area contributed by atoms with Crippen molar-refractivity contribution >= 4 is 23.8 Å². The van der Waals surface area contributed by atoms with Gasteiger partial charge in [-0.3, -0.25) is 14.4 Å². The van der Waals surface area contributed by atoms with Gasteiger partial charge in [0.15, 0.2) is 29.3 Å². The number of carbonyl (C=O) groups excluding carboxylic acids is 4. The van der Waals surface area contributed by atoms with Gasteiger partial charge in [0, 0.05) is 12.3 Å². The highest BCUT2D eigenvalue weighted by Gasteiger charge is 2.41. The van der Waals surface area contributed by atoms with Crippen LogP contribution in [0.1, 0.15) is 57.4 Å². The monoisotopic (exact) mass is 480 g/mol. The number of cyclic esters (lactones) is 2. The average Bonchev–Trinajstić information content (AvgIpc) is 2.83. The molecule has 0 spiro atoms. The molecule has 1 saturated heterocycles. The SMILES string of the molecule is CCCC[C@H]1C(=O)OC[C@H](NC(=O)c2nccc(OC)c2O)C(=O)O[C@@H](C)[C@@H]1OC(=O)C(C)C. The zero-order valence-electron chi connectivity index (χ0n) is 20.0. The standard InChI is InChI=1S/C23H32N2O9/c1-6-7-8-14-19(34-21(28)12(2)3)13(4)33-23(30)15(11-32-22(14)29)25-20(27)17-18(26)16(31-5)9-10-24-17/h9-10,12-15,19,26H,6-8,11H2,1-5H3,(H,25,27)/t13-,14+,15-,19-/m0/s1. The Hall–Kier alpha value is -3.37. The molecule has 1 aliphatic heterocycles. The number of aromatic nitrogens is 1. The molecule has 1 aromatic rings. The maximum atomic E-state index is 12.9. The first kappa shape index (κ1) is 26.9. The molecule has 34 heavy (non-hydrogen) atoms. The number of esters is 3. The Labute approximate surface area is 198 Å². The van der Waals surface area contributed by atoms with Crippen molar-refractivity contribution in [1.82, 2.24) is 10.3 Å². The molecule has 1 aliphatic rings. The van der Waals surface area contributed by atoms with Crippen molar-refractivity contribution in [3.05, 3.63) is 18.0 Å². The number of aromatic hydroxyl groups is 1. The molecule has 11 nitrogen and oxygen atoms in total. The van der Waals surface area contributed by atoms with Crippen LogP contribution in [-0.2, 0) is 28.6 Å². The van der Waals surface area contributed by atoms with Gasteiger partial charge in [0.25, 0.3) is 5.91 Å². The van der Waals surface area contributed by atoms with E-state index >= 15 is 0 Å². The molecular formula is C23H32N2O9. The van der Waals surface area contributed by atoms with E-state index in [-0.39, 0.29) is 11.4 Å². The number of ether oxygens (including phenoxy) is 4. The molecule has 2 heterocycles. The molecule has 0 unspecified atom stereocenters. The summed E-state index contributed by atoms with van der Waals surface area (Å²) in [5.74, 6) is -4.77. The Morgan fingerprint density at radius 1 is 1.29 bits per heavy atom. The van der Waals surface area contributed by atoms with Crippen LogP contribution in [0.5, 0.6) is 11.5 Å². The lowest BCUT2D eigenvalue weighted by Crippen LogP contribution is -2.46. The van der Waals surface area contributed by atoms with E-state index in [0.29, 0.717) is 12.8 Å². The van der Waals surface area contributed by atoms with Crippen molar-refractivity contribution < 1.29 is 43.2 Å². The summed E-state index contributed by atoms with van der Waals surface area (Å²) in [4.78, 5) is 54.5. The maximum Gasteiger partial charge on any atom is 0.332 e. The van der Waals surface area contributed by atoms with Gasteiger partial charge in [-0.2, -0.15) is 0 Å². The summed E-state index contributed by atoms with van der Waals surface area (Å²) in [6, 6.07) is -0.0172. The number of pyridine rings is 1. The third-order valence-corrected chi connectivity index (χ3v) is 5.36. The van der Waals surface area contributed by atoms with Gasteiger partial charge in [0.2, 0.25) is 0 Å². The summed E-state index contributed by atoms with van der Waals surface area (Å²) in [5, 5.41) is 12.5. The predicted octanol–water partition coefficient (Wildman–Crippen LogP) is 1.76. The topological polar surface area (TPSA) is 150 Å². The number of hydrogen-bond donors (Lipinski definition) is 2. The maximum absolute atomic E-state index is 12.9. The number of rotatable bonds is 8. The first-order valence-electron chi connectivity index (χ1n) is 11.2. The van der Waals surface area contributed by atoms with E-state index in [1.807, 2.05) is 6.92 Å². The van der Waals surface area contributed by atoms with E-state index < -0.39 is 66.3 Å². The quantitative estimate of drug-likeness (QED) is 0.416. The second-order valence-electron chi connectivity index (χ2n) is 8.31. The number of unbranched alkanes of at least 4 members (excludes halogenated alkanes) is 1. The van der Waals surface area contributed by atoms with Gasteiger partial charge in [-0.15, -0.1) is 0 Å². The van der Waals surface area contributed by atoms with Gasteiger partial charge in [-0.05, 0) is 13.3 Å². The Morgan fingerprint density at radius 2 is 2.00 bits per heavy atom. The third-order valence-electron chi connectivity index (χ3n) is 5.36. The summed E-state index contributed by atoms with van der Waals surface area (Å²) in [5.41, 5.74) is -0.379. The molecule has 1 aromatic heterocycles. The number of methoxy groups -OCH3 is 1. The van der Waals surface area contributed by atoms with Gasteiger partial charge in [0.1, 0.15) is 12.7 Å². The molecule has 0 aliphatic carbocycles. The summed E-state index contributed by atoms with van der Waals surface area (Å²) in [6.07, 6.45) is 1.05. The fourth-order valence-corrected chi connectivity index (χ4v) is 3.38. The minimum Gasteiger partial charge on any atom is -0.503 e. The fraction of sp³-hybridized carbons (Fsp3) is 0.609. The van der Waals surface area contributed by atoms with E-state index in [1.54, 1.807) is 13.8 Å². The minimum atomic E-state index is -1.38. The van der Waals surface area contributed by atoms with Crippen molar-refractivity contribution in [2.24, 2.45) is 11.8 Å². The molecule has 0 saturated carbocycles. The first-order valence-corrected chi connectivity index (χ1v) is 11.2. The van der Waals surface area contributed by atoms with Crippen LogP contribution in [-0.4, -0.2) is 65.9 Å². The molecule has 2 N–H and O–H groups in total. The molecular weight excluding hydrogens is 448 g/mol. The van der Waals surface area contributed by atoms with E-state index in [2.05, 4.69) is 10.3 Å². The van der Waals surface area contributed by atoms with Gasteiger partial charge >= 0.3 is 17.9 Å². The van der Waals surface area contributed by atoms with Crippen LogP contribution in [0, 0.1) is 11.8 Å². The molecule has 11 heteroatoms. The largest absolute Gasteiger partial charge is 0.503 e. The molecule has 188 valence electrons. The Bertz CT molecular complexity index is 902. The summed E-state index contributed by atoms with van der Waals surface area (Å²) in [6.45, 7) is 6.27. The Balaban J connectivity index is 2.28. The van der Waals surface area contributed by atoms with Crippen molar-refractivity contribution in [1.29, 1.82) is 0 Å². The predicted molar refractivity (Wildman–Crippen MR) is 118 cm³/mol. The summed E-state index contributed by atoms with van der Waals surface area (Å²) < 4.78 is 21.3. The van der Waals surface area contributed by atoms with E-state index in [9.17, 15) is 24.3 Å². The second-order valence-corrected chi connectivity index (χ2v) is 8.31. The smallest absolute Gasteiger partial charge is 0.332 e. The molecule has 0 radical (unpaired) electrons. The summed E-state index contributed by atoms with van der Waals surface area (Å²) in [7, 11) is 1.31. The third kappa shape index (κ3) is 6.58. The molecule has 0 bridgehead atoms. The normalized spacial score (nSPS) is 23.1.